The largest absolute Gasteiger partial charge is 0.481 e. The van der Waals surface area contributed by atoms with Crippen molar-refractivity contribution in [1.29, 1.82) is 0 Å². The molecule has 1 saturated carbocycles. The van der Waals surface area contributed by atoms with Crippen LogP contribution in [0.4, 0.5) is 8.78 Å². The van der Waals surface area contributed by atoms with Crippen molar-refractivity contribution < 1.29 is 18.0 Å². The highest BCUT2D eigenvalue weighted by molar-refractivity contribution is 5.94. The number of pyridine rings is 2. The second kappa shape index (κ2) is 8.24. The van der Waals surface area contributed by atoms with Crippen LogP contribution in [0.2, 0.25) is 0 Å². The highest BCUT2D eigenvalue weighted by Gasteiger charge is 2.35. The van der Waals surface area contributed by atoms with E-state index < -0.39 is 5.92 Å². The van der Waals surface area contributed by atoms with Gasteiger partial charge < -0.3 is 13.8 Å². The normalized spacial score (nSPS) is 16.4. The van der Waals surface area contributed by atoms with Gasteiger partial charge in [-0.25, -0.2) is 13.8 Å². The molecule has 0 saturated heterocycles. The monoisotopic (exact) mass is 452 g/mol. The van der Waals surface area contributed by atoms with E-state index in [0.717, 1.165) is 44.7 Å². The third-order valence-corrected chi connectivity index (χ3v) is 6.59. The topological polar surface area (TPSA) is 66.0 Å². The molecule has 4 aromatic rings. The lowest BCUT2D eigenvalue weighted by Crippen LogP contribution is -2.26. The average Bonchev–Trinajstić information content (AvgIpc) is 3.34. The predicted octanol–water partition coefficient (Wildman–Crippen LogP) is 6.20. The maximum absolute atomic E-state index is 13.7. The molecule has 0 N–H and O–H groups in total. The first-order chi connectivity index (χ1) is 15.8. The van der Waals surface area contributed by atoms with Crippen molar-refractivity contribution >= 4 is 11.0 Å². The third-order valence-electron chi connectivity index (χ3n) is 6.59. The molecule has 6 nitrogen and oxygen atoms in total. The summed E-state index contributed by atoms with van der Waals surface area (Å²) in [5, 5.41) is 4.07. The molecule has 0 atom stereocenters. The lowest BCUT2D eigenvalue weighted by Gasteiger charge is -2.28. The molecule has 0 spiro atoms. The summed E-state index contributed by atoms with van der Waals surface area (Å²) < 4.78 is 40.1. The van der Waals surface area contributed by atoms with Crippen molar-refractivity contribution in [1.82, 2.24) is 19.7 Å². The second-order valence-electron chi connectivity index (χ2n) is 8.87. The van der Waals surface area contributed by atoms with Crippen LogP contribution in [-0.2, 0) is 6.54 Å². The van der Waals surface area contributed by atoms with Gasteiger partial charge in [-0.3, -0.25) is 4.98 Å². The van der Waals surface area contributed by atoms with E-state index >= 15 is 0 Å². The van der Waals surface area contributed by atoms with Crippen molar-refractivity contribution in [2.75, 3.05) is 7.11 Å². The Labute approximate surface area is 190 Å². The molecule has 4 heterocycles. The number of ether oxygens (including phenoxy) is 1. The van der Waals surface area contributed by atoms with Gasteiger partial charge >= 0.3 is 0 Å². The summed E-state index contributed by atoms with van der Waals surface area (Å²) in [6, 6.07) is 5.86. The van der Waals surface area contributed by atoms with Crippen LogP contribution in [0.25, 0.3) is 33.3 Å². The smallest absolute Gasteiger partial charge is 0.248 e. The van der Waals surface area contributed by atoms with Gasteiger partial charge in [-0.15, -0.1) is 0 Å². The van der Waals surface area contributed by atoms with Gasteiger partial charge in [0.15, 0.2) is 0 Å². The van der Waals surface area contributed by atoms with Crippen molar-refractivity contribution in [3.8, 4) is 28.1 Å². The molecule has 4 aromatic heterocycles. The number of fused-ring (bicyclic) bond motifs is 1. The van der Waals surface area contributed by atoms with Crippen LogP contribution in [0, 0.1) is 19.8 Å². The van der Waals surface area contributed by atoms with Crippen LogP contribution in [0.1, 0.15) is 37.1 Å². The molecular formula is C25H26F2N4O2. The van der Waals surface area contributed by atoms with Gasteiger partial charge in [0.25, 0.3) is 0 Å². The fraction of sp³-hybridized carbons (Fsp3) is 0.400. The highest BCUT2D eigenvalue weighted by Crippen LogP contribution is 2.39. The lowest BCUT2D eigenvalue weighted by atomic mass is 9.87. The Hall–Kier alpha value is -3.29. The van der Waals surface area contributed by atoms with E-state index in [1.54, 1.807) is 13.3 Å². The molecule has 8 heteroatoms. The summed E-state index contributed by atoms with van der Waals surface area (Å²) in [4.78, 5) is 9.15. The number of aryl methyl sites for hydroxylation is 2. The highest BCUT2D eigenvalue weighted by atomic mass is 19.3. The van der Waals surface area contributed by atoms with Crippen molar-refractivity contribution in [3.63, 3.8) is 0 Å². The van der Waals surface area contributed by atoms with Crippen molar-refractivity contribution in [2.24, 2.45) is 5.92 Å². The molecule has 1 aliphatic rings. The number of methoxy groups -OCH3 is 1. The van der Waals surface area contributed by atoms with Crippen LogP contribution in [0.5, 0.6) is 5.88 Å². The van der Waals surface area contributed by atoms with E-state index in [1.165, 1.54) is 0 Å². The Kier molecular flexibility index (Phi) is 5.38. The van der Waals surface area contributed by atoms with Crippen LogP contribution in [0.3, 0.4) is 0 Å². The molecule has 0 unspecified atom stereocenters. The Morgan fingerprint density at radius 1 is 1.12 bits per heavy atom. The molecular weight excluding hydrogens is 426 g/mol. The van der Waals surface area contributed by atoms with Gasteiger partial charge in [-0.1, -0.05) is 5.16 Å². The summed E-state index contributed by atoms with van der Waals surface area (Å²) in [5.74, 6) is -1.06. The molecule has 1 fully saturated rings. The molecule has 0 aromatic carbocycles. The first-order valence-corrected chi connectivity index (χ1v) is 11.1. The van der Waals surface area contributed by atoms with Crippen LogP contribution in [0.15, 0.2) is 41.3 Å². The standard InChI is InChI=1S/C25H26F2N4O2/c1-15-23(16(2)33-30-15)19-10-21-24(29-12-19)20(18-4-5-22(32-3)28-11-18)14-31(21)13-17-6-8-25(26,27)9-7-17/h4-5,10-12,14,17H,6-9,13H2,1-3H3. The van der Waals surface area contributed by atoms with Crippen molar-refractivity contribution in [3.05, 3.63) is 48.2 Å². The quantitative estimate of drug-likeness (QED) is 0.360. The van der Waals surface area contributed by atoms with E-state index in [0.29, 0.717) is 25.3 Å². The van der Waals surface area contributed by atoms with Crippen LogP contribution < -0.4 is 4.74 Å². The second-order valence-corrected chi connectivity index (χ2v) is 8.87. The van der Waals surface area contributed by atoms with Gasteiger partial charge in [-0.2, -0.15) is 0 Å². The van der Waals surface area contributed by atoms with E-state index in [2.05, 4.69) is 27.0 Å². The molecule has 5 rings (SSSR count). The summed E-state index contributed by atoms with van der Waals surface area (Å²) in [5.41, 5.74) is 6.34. The van der Waals surface area contributed by atoms with Gasteiger partial charge in [0.2, 0.25) is 11.8 Å². The third kappa shape index (κ3) is 4.10. The van der Waals surface area contributed by atoms with E-state index in [9.17, 15) is 8.78 Å². The number of hydrogen-bond acceptors (Lipinski definition) is 5. The Balaban J connectivity index is 1.59. The van der Waals surface area contributed by atoms with Crippen LogP contribution in [-0.4, -0.2) is 32.7 Å². The maximum Gasteiger partial charge on any atom is 0.248 e. The fourth-order valence-electron chi connectivity index (χ4n) is 4.78. The van der Waals surface area contributed by atoms with Gasteiger partial charge in [0.05, 0.1) is 23.8 Å². The molecule has 172 valence electrons. The number of halogens is 2. The maximum atomic E-state index is 13.7. The Bertz CT molecular complexity index is 1260. The van der Waals surface area contributed by atoms with Gasteiger partial charge in [-0.05, 0) is 44.7 Å². The lowest BCUT2D eigenvalue weighted by molar-refractivity contribution is -0.0472. The van der Waals surface area contributed by atoms with E-state index in [4.69, 9.17) is 14.2 Å². The van der Waals surface area contributed by atoms with Crippen molar-refractivity contribution in [2.45, 2.75) is 52.0 Å². The molecule has 0 bridgehead atoms. The Morgan fingerprint density at radius 2 is 1.88 bits per heavy atom. The number of nitrogens with zero attached hydrogens (tertiary/aromatic N) is 4. The van der Waals surface area contributed by atoms with E-state index in [1.807, 2.05) is 32.2 Å². The zero-order chi connectivity index (χ0) is 23.2. The number of hydrogen-bond donors (Lipinski definition) is 0. The summed E-state index contributed by atoms with van der Waals surface area (Å²) in [7, 11) is 1.58. The first-order valence-electron chi connectivity index (χ1n) is 11.1. The number of rotatable bonds is 5. The fourth-order valence-corrected chi connectivity index (χ4v) is 4.78. The molecule has 33 heavy (non-hydrogen) atoms. The minimum Gasteiger partial charge on any atom is -0.481 e. The zero-order valence-electron chi connectivity index (χ0n) is 18.9. The number of aromatic nitrogens is 4. The summed E-state index contributed by atoms with van der Waals surface area (Å²) in [6.07, 6.45) is 6.60. The minimum absolute atomic E-state index is 0.0469. The molecule has 0 aliphatic heterocycles. The predicted molar refractivity (Wildman–Crippen MR) is 121 cm³/mol. The summed E-state index contributed by atoms with van der Waals surface area (Å²) >= 11 is 0. The average molecular weight is 453 g/mol. The zero-order valence-corrected chi connectivity index (χ0v) is 18.9. The minimum atomic E-state index is -2.53. The number of alkyl halides is 2. The van der Waals surface area contributed by atoms with Gasteiger partial charge in [0, 0.05) is 66.3 Å². The SMILES string of the molecule is COc1ccc(-c2cn(CC3CCC(F)(F)CC3)c3cc(-c4c(C)noc4C)cnc23)cn1. The van der Waals surface area contributed by atoms with Gasteiger partial charge in [0.1, 0.15) is 5.76 Å². The summed E-state index contributed by atoms with van der Waals surface area (Å²) in [6.45, 7) is 4.46. The first kappa shape index (κ1) is 21.6. The molecule has 0 radical (unpaired) electrons. The molecule has 1 aliphatic carbocycles. The van der Waals surface area contributed by atoms with E-state index in [-0.39, 0.29) is 18.8 Å². The van der Waals surface area contributed by atoms with Crippen LogP contribution >= 0.6 is 0 Å². The molecule has 0 amide bonds. The Morgan fingerprint density at radius 3 is 2.52 bits per heavy atom.